The highest BCUT2D eigenvalue weighted by Crippen LogP contribution is 2.50. The second-order valence-electron chi connectivity index (χ2n) is 5.35. The van der Waals surface area contributed by atoms with Crippen molar-refractivity contribution in [3.05, 3.63) is 30.1 Å². The summed E-state index contributed by atoms with van der Waals surface area (Å²) >= 11 is 0. The van der Waals surface area contributed by atoms with Crippen LogP contribution in [0.15, 0.2) is 24.3 Å². The van der Waals surface area contributed by atoms with E-state index in [1.807, 2.05) is 18.2 Å². The van der Waals surface area contributed by atoms with E-state index in [0.29, 0.717) is 6.04 Å². The van der Waals surface area contributed by atoms with Crippen LogP contribution in [-0.2, 0) is 4.79 Å². The summed E-state index contributed by atoms with van der Waals surface area (Å²) in [5.74, 6) is 0.204. The molecule has 2 atom stereocenters. The molecule has 4 rings (SSSR count). The smallest absolute Gasteiger partial charge is 0.307 e. The topological polar surface area (TPSA) is 55.1 Å². The molecule has 4 heteroatoms. The van der Waals surface area contributed by atoms with Crippen LogP contribution in [0.3, 0.4) is 0 Å². The van der Waals surface area contributed by atoms with Crippen molar-refractivity contribution in [1.82, 2.24) is 9.55 Å². The van der Waals surface area contributed by atoms with E-state index in [1.165, 1.54) is 12.8 Å². The molecule has 18 heavy (non-hydrogen) atoms. The number of aliphatic carboxylic acids is 1. The van der Waals surface area contributed by atoms with E-state index in [1.54, 1.807) is 0 Å². The zero-order valence-corrected chi connectivity index (χ0v) is 9.91. The largest absolute Gasteiger partial charge is 0.481 e. The van der Waals surface area contributed by atoms with Gasteiger partial charge in [0.1, 0.15) is 5.82 Å². The zero-order valence-electron chi connectivity index (χ0n) is 9.91. The van der Waals surface area contributed by atoms with Crippen LogP contribution in [0.4, 0.5) is 0 Å². The highest BCUT2D eigenvalue weighted by atomic mass is 16.4. The van der Waals surface area contributed by atoms with Gasteiger partial charge in [-0.25, -0.2) is 4.98 Å². The Morgan fingerprint density at radius 2 is 2.11 bits per heavy atom. The predicted octanol–water partition coefficient (Wildman–Crippen LogP) is 2.56. The molecular formula is C14H14N2O2. The lowest BCUT2D eigenvalue weighted by atomic mass is 10.3. The van der Waals surface area contributed by atoms with Crippen molar-refractivity contribution in [2.45, 2.75) is 31.2 Å². The predicted molar refractivity (Wildman–Crippen MR) is 66.5 cm³/mol. The third-order valence-corrected chi connectivity index (χ3v) is 3.97. The van der Waals surface area contributed by atoms with Gasteiger partial charge in [-0.3, -0.25) is 4.79 Å². The van der Waals surface area contributed by atoms with Crippen LogP contribution in [-0.4, -0.2) is 20.6 Å². The first-order chi connectivity index (χ1) is 8.75. The van der Waals surface area contributed by atoms with Gasteiger partial charge in [-0.1, -0.05) is 12.1 Å². The van der Waals surface area contributed by atoms with Crippen LogP contribution in [0.1, 0.15) is 37.0 Å². The fourth-order valence-electron chi connectivity index (χ4n) is 2.79. The first-order valence-corrected chi connectivity index (χ1v) is 6.45. The summed E-state index contributed by atoms with van der Waals surface area (Å²) in [7, 11) is 0. The summed E-state index contributed by atoms with van der Waals surface area (Å²) in [6.07, 6.45) is 3.13. The third-order valence-electron chi connectivity index (χ3n) is 3.97. The highest BCUT2D eigenvalue weighted by molar-refractivity contribution is 5.78. The van der Waals surface area contributed by atoms with E-state index in [9.17, 15) is 4.79 Å². The summed E-state index contributed by atoms with van der Waals surface area (Å²) in [5.41, 5.74) is 2.15. The molecular weight excluding hydrogens is 228 g/mol. The first kappa shape index (κ1) is 10.1. The molecule has 2 unspecified atom stereocenters. The number of rotatable bonds is 3. The van der Waals surface area contributed by atoms with Crippen molar-refractivity contribution >= 4 is 17.0 Å². The van der Waals surface area contributed by atoms with Gasteiger partial charge in [0, 0.05) is 12.0 Å². The number of carbonyl (C=O) groups is 1. The maximum atomic E-state index is 11.0. The van der Waals surface area contributed by atoms with Crippen LogP contribution >= 0.6 is 0 Å². The molecule has 2 aromatic rings. The number of aromatic nitrogens is 2. The van der Waals surface area contributed by atoms with Crippen molar-refractivity contribution in [1.29, 1.82) is 0 Å². The van der Waals surface area contributed by atoms with E-state index in [2.05, 4.69) is 15.6 Å². The Hall–Kier alpha value is -1.84. The maximum absolute atomic E-state index is 11.0. The molecule has 1 heterocycles. The summed E-state index contributed by atoms with van der Waals surface area (Å²) in [4.78, 5) is 15.7. The SMILES string of the molecule is O=C(O)C1CC1c1nc2ccccc2n1C1CC1. The van der Waals surface area contributed by atoms with Gasteiger partial charge in [-0.05, 0) is 31.4 Å². The molecule has 4 nitrogen and oxygen atoms in total. The Labute approximate surface area is 104 Å². The molecule has 0 saturated heterocycles. The van der Waals surface area contributed by atoms with Crippen molar-refractivity contribution < 1.29 is 9.90 Å². The van der Waals surface area contributed by atoms with Crippen molar-refractivity contribution in [2.75, 3.05) is 0 Å². The number of fused-ring (bicyclic) bond motifs is 1. The fraction of sp³-hybridized carbons (Fsp3) is 0.429. The van der Waals surface area contributed by atoms with E-state index in [0.717, 1.165) is 23.3 Å². The lowest BCUT2D eigenvalue weighted by Gasteiger charge is -2.06. The molecule has 0 radical (unpaired) electrons. The summed E-state index contributed by atoms with van der Waals surface area (Å²) in [6.45, 7) is 0. The molecule has 0 spiro atoms. The van der Waals surface area contributed by atoms with Crippen LogP contribution < -0.4 is 0 Å². The lowest BCUT2D eigenvalue weighted by Crippen LogP contribution is -2.04. The Balaban J connectivity index is 1.85. The molecule has 1 N–H and O–H groups in total. The van der Waals surface area contributed by atoms with E-state index < -0.39 is 5.97 Å². The Morgan fingerprint density at radius 3 is 2.78 bits per heavy atom. The summed E-state index contributed by atoms with van der Waals surface area (Å²) in [5, 5.41) is 9.07. The van der Waals surface area contributed by atoms with Gasteiger partial charge < -0.3 is 9.67 Å². The number of nitrogens with zero attached hydrogens (tertiary/aromatic N) is 2. The van der Waals surface area contributed by atoms with Crippen LogP contribution in [0.5, 0.6) is 0 Å². The fourth-order valence-corrected chi connectivity index (χ4v) is 2.79. The average Bonchev–Trinajstić information content (AvgIpc) is 3.25. The van der Waals surface area contributed by atoms with Crippen molar-refractivity contribution in [2.24, 2.45) is 5.92 Å². The number of benzene rings is 1. The number of hydrogen-bond donors (Lipinski definition) is 1. The minimum atomic E-state index is -0.686. The number of carboxylic acid groups (broad SMARTS) is 1. The van der Waals surface area contributed by atoms with Gasteiger partial charge in [0.05, 0.1) is 17.0 Å². The molecule has 0 aliphatic heterocycles. The Kier molecular flexibility index (Phi) is 1.88. The summed E-state index contributed by atoms with van der Waals surface area (Å²) < 4.78 is 2.28. The van der Waals surface area contributed by atoms with Crippen LogP contribution in [0.25, 0.3) is 11.0 Å². The molecule has 0 amide bonds. The molecule has 0 bridgehead atoms. The maximum Gasteiger partial charge on any atom is 0.307 e. The third kappa shape index (κ3) is 1.38. The molecule has 1 aromatic carbocycles. The van der Waals surface area contributed by atoms with Crippen molar-refractivity contribution in [3.8, 4) is 0 Å². The number of imidazole rings is 1. The highest BCUT2D eigenvalue weighted by Gasteiger charge is 2.48. The quantitative estimate of drug-likeness (QED) is 0.899. The van der Waals surface area contributed by atoms with Gasteiger partial charge in [0.15, 0.2) is 0 Å². The van der Waals surface area contributed by atoms with Gasteiger partial charge in [-0.15, -0.1) is 0 Å². The van der Waals surface area contributed by atoms with Crippen molar-refractivity contribution in [3.63, 3.8) is 0 Å². The van der Waals surface area contributed by atoms with Crippen LogP contribution in [0, 0.1) is 5.92 Å². The number of para-hydroxylation sites is 2. The molecule has 2 aliphatic carbocycles. The second kappa shape index (κ2) is 3.34. The van der Waals surface area contributed by atoms with Gasteiger partial charge in [0.25, 0.3) is 0 Å². The van der Waals surface area contributed by atoms with E-state index >= 15 is 0 Å². The van der Waals surface area contributed by atoms with Gasteiger partial charge in [-0.2, -0.15) is 0 Å². The van der Waals surface area contributed by atoms with E-state index in [-0.39, 0.29) is 11.8 Å². The minimum Gasteiger partial charge on any atom is -0.481 e. The second-order valence-corrected chi connectivity index (χ2v) is 5.35. The Morgan fingerprint density at radius 1 is 1.33 bits per heavy atom. The molecule has 92 valence electrons. The lowest BCUT2D eigenvalue weighted by molar-refractivity contribution is -0.138. The first-order valence-electron chi connectivity index (χ1n) is 6.45. The molecule has 1 aromatic heterocycles. The zero-order chi connectivity index (χ0) is 12.3. The van der Waals surface area contributed by atoms with Gasteiger partial charge >= 0.3 is 5.97 Å². The molecule has 2 aliphatic rings. The van der Waals surface area contributed by atoms with E-state index in [4.69, 9.17) is 5.11 Å². The van der Waals surface area contributed by atoms with Crippen LogP contribution in [0.2, 0.25) is 0 Å². The monoisotopic (exact) mass is 242 g/mol. The standard InChI is InChI=1S/C14H14N2O2/c17-14(18)10-7-9(10)13-15-11-3-1-2-4-12(11)16(13)8-5-6-8/h1-4,8-10H,5-7H2,(H,17,18). The Bertz CT molecular complexity index is 642. The molecule has 2 fully saturated rings. The summed E-state index contributed by atoms with van der Waals surface area (Å²) in [6, 6.07) is 8.65. The average molecular weight is 242 g/mol. The normalized spacial score (nSPS) is 26.4. The number of carboxylic acids is 1. The minimum absolute atomic E-state index is 0.121. The number of hydrogen-bond acceptors (Lipinski definition) is 2. The van der Waals surface area contributed by atoms with Gasteiger partial charge in [0.2, 0.25) is 0 Å². The molecule has 2 saturated carbocycles.